The summed E-state index contributed by atoms with van der Waals surface area (Å²) >= 11 is 0. The summed E-state index contributed by atoms with van der Waals surface area (Å²) in [5.74, 6) is 1.67. The van der Waals surface area contributed by atoms with Crippen molar-refractivity contribution in [1.82, 2.24) is 9.78 Å². The maximum atomic E-state index is 13.2. The molecule has 1 aromatic heterocycles. The van der Waals surface area contributed by atoms with Gasteiger partial charge in [0.2, 0.25) is 5.88 Å². The fourth-order valence-electron chi connectivity index (χ4n) is 4.64. The summed E-state index contributed by atoms with van der Waals surface area (Å²) in [5, 5.41) is 16.0. The van der Waals surface area contributed by atoms with Gasteiger partial charge in [0, 0.05) is 12.1 Å². The number of carbonyl (C=O) groups excluding carboxylic acids is 1. The van der Waals surface area contributed by atoms with E-state index in [1.807, 2.05) is 6.07 Å². The molecule has 1 aliphatic rings. The summed E-state index contributed by atoms with van der Waals surface area (Å²) in [6, 6.07) is 16.2. The fraction of sp³-hybridized carbons (Fsp3) is 0.310. The lowest BCUT2D eigenvalue weighted by Crippen LogP contribution is -2.14. The zero-order valence-corrected chi connectivity index (χ0v) is 22.2. The first-order valence-corrected chi connectivity index (χ1v) is 12.9. The Hall–Kier alpha value is -4.80. The van der Waals surface area contributed by atoms with Crippen LogP contribution in [0.3, 0.4) is 0 Å². The summed E-state index contributed by atoms with van der Waals surface area (Å²) < 4.78 is 30.1. The molecule has 0 amide bonds. The molecule has 1 aliphatic carbocycles. The standard InChI is InChI=1S/C29H29N3O8/c1-36-23-12-13-25-24(18-23)28(30-31(25)15-16-38-21-10-8-20(9-11-21)32(34)35)40-29(33)19-7-14-26(37-2)27(17-19)39-22-5-3-4-6-22/h7-14,17-18,22H,3-6,15-16H2,1-2H3. The number of methoxy groups -OCH3 is 2. The molecule has 5 rings (SSSR count). The van der Waals surface area contributed by atoms with Crippen molar-refractivity contribution >= 4 is 22.6 Å². The van der Waals surface area contributed by atoms with Crippen LogP contribution in [-0.2, 0) is 6.54 Å². The third kappa shape index (κ3) is 5.93. The van der Waals surface area contributed by atoms with Crippen LogP contribution in [-0.4, -0.2) is 47.6 Å². The predicted molar refractivity (Wildman–Crippen MR) is 146 cm³/mol. The number of carbonyl (C=O) groups is 1. The molecule has 1 fully saturated rings. The number of fused-ring (bicyclic) bond motifs is 1. The minimum atomic E-state index is -0.588. The van der Waals surface area contributed by atoms with Crippen molar-refractivity contribution < 1.29 is 33.4 Å². The Morgan fingerprint density at radius 2 is 1.73 bits per heavy atom. The molecule has 4 aromatic rings. The lowest BCUT2D eigenvalue weighted by Gasteiger charge is -2.16. The van der Waals surface area contributed by atoms with Crippen LogP contribution in [0.1, 0.15) is 36.0 Å². The van der Waals surface area contributed by atoms with E-state index < -0.39 is 10.9 Å². The number of hydrogen-bond acceptors (Lipinski definition) is 9. The highest BCUT2D eigenvalue weighted by Crippen LogP contribution is 2.34. The first-order valence-electron chi connectivity index (χ1n) is 12.9. The Kier molecular flexibility index (Phi) is 7.99. The first kappa shape index (κ1) is 26.8. The molecule has 0 radical (unpaired) electrons. The first-order chi connectivity index (χ1) is 19.4. The third-order valence-corrected chi connectivity index (χ3v) is 6.73. The van der Waals surface area contributed by atoms with E-state index in [0.717, 1.165) is 31.2 Å². The van der Waals surface area contributed by atoms with Gasteiger partial charge in [0.25, 0.3) is 5.69 Å². The Morgan fingerprint density at radius 1 is 0.975 bits per heavy atom. The van der Waals surface area contributed by atoms with Crippen molar-refractivity contribution in [3.63, 3.8) is 0 Å². The smallest absolute Gasteiger partial charge is 0.345 e. The molecule has 3 aromatic carbocycles. The summed E-state index contributed by atoms with van der Waals surface area (Å²) in [6.07, 6.45) is 4.27. The second-order valence-corrected chi connectivity index (χ2v) is 9.29. The van der Waals surface area contributed by atoms with Crippen LogP contribution in [0.4, 0.5) is 5.69 Å². The molecule has 0 unspecified atom stereocenters. The topological polar surface area (TPSA) is 124 Å². The Morgan fingerprint density at radius 3 is 2.42 bits per heavy atom. The van der Waals surface area contributed by atoms with Crippen LogP contribution in [0, 0.1) is 10.1 Å². The van der Waals surface area contributed by atoms with Gasteiger partial charge < -0.3 is 23.7 Å². The average molecular weight is 548 g/mol. The van der Waals surface area contributed by atoms with Crippen molar-refractivity contribution in [3.05, 3.63) is 76.3 Å². The summed E-state index contributed by atoms with van der Waals surface area (Å²) in [5.41, 5.74) is 1.01. The molecular formula is C29H29N3O8. The molecule has 11 nitrogen and oxygen atoms in total. The van der Waals surface area contributed by atoms with Gasteiger partial charge in [-0.2, -0.15) is 0 Å². The molecule has 11 heteroatoms. The van der Waals surface area contributed by atoms with Gasteiger partial charge >= 0.3 is 5.97 Å². The number of benzene rings is 3. The van der Waals surface area contributed by atoms with E-state index in [-0.39, 0.29) is 24.3 Å². The van der Waals surface area contributed by atoms with Gasteiger partial charge in [-0.1, -0.05) is 0 Å². The van der Waals surface area contributed by atoms with Crippen molar-refractivity contribution in [2.24, 2.45) is 0 Å². The van der Waals surface area contributed by atoms with Gasteiger partial charge in [-0.05, 0) is 74.2 Å². The predicted octanol–water partition coefficient (Wildman–Crippen LogP) is 5.58. The lowest BCUT2D eigenvalue weighted by atomic mass is 10.2. The maximum absolute atomic E-state index is 13.2. The second-order valence-electron chi connectivity index (χ2n) is 9.29. The van der Waals surface area contributed by atoms with Crippen molar-refractivity contribution in [3.8, 4) is 28.9 Å². The molecule has 208 valence electrons. The number of aromatic nitrogens is 2. The SMILES string of the molecule is COc1ccc2c(c1)c(OC(=O)c1ccc(OC)c(OC3CCCC3)c1)nn2CCOc1ccc([N+](=O)[O-])cc1. The molecular weight excluding hydrogens is 518 g/mol. The quantitative estimate of drug-likeness (QED) is 0.134. The van der Waals surface area contributed by atoms with E-state index in [4.69, 9.17) is 23.7 Å². The second kappa shape index (κ2) is 11.9. The van der Waals surface area contributed by atoms with E-state index in [2.05, 4.69) is 5.10 Å². The number of hydrogen-bond donors (Lipinski definition) is 0. The highest BCUT2D eigenvalue weighted by molar-refractivity contribution is 5.95. The Balaban J connectivity index is 1.34. The number of nitrogens with zero attached hydrogens (tertiary/aromatic N) is 3. The maximum Gasteiger partial charge on any atom is 0.345 e. The number of non-ortho nitro benzene ring substituents is 1. The number of esters is 1. The molecule has 0 N–H and O–H groups in total. The van der Waals surface area contributed by atoms with Crippen LogP contribution in [0.15, 0.2) is 60.7 Å². The highest BCUT2D eigenvalue weighted by atomic mass is 16.6. The monoisotopic (exact) mass is 547 g/mol. The third-order valence-electron chi connectivity index (χ3n) is 6.73. The van der Waals surface area contributed by atoms with Crippen molar-refractivity contribution in [2.45, 2.75) is 38.3 Å². The van der Waals surface area contributed by atoms with E-state index in [9.17, 15) is 14.9 Å². The van der Waals surface area contributed by atoms with Crippen LogP contribution in [0.2, 0.25) is 0 Å². The Labute approximate surface area is 230 Å². The summed E-state index contributed by atoms with van der Waals surface area (Å²) in [7, 11) is 3.12. The fourth-order valence-corrected chi connectivity index (χ4v) is 4.64. The molecule has 0 bridgehead atoms. The molecule has 0 atom stereocenters. The average Bonchev–Trinajstić information content (AvgIpc) is 3.61. The van der Waals surface area contributed by atoms with E-state index in [0.29, 0.717) is 40.5 Å². The van der Waals surface area contributed by atoms with Gasteiger partial charge in [0.15, 0.2) is 11.5 Å². The van der Waals surface area contributed by atoms with Gasteiger partial charge in [-0.15, -0.1) is 5.10 Å². The van der Waals surface area contributed by atoms with Gasteiger partial charge in [-0.25, -0.2) is 4.79 Å². The minimum absolute atomic E-state index is 0.0140. The highest BCUT2D eigenvalue weighted by Gasteiger charge is 2.22. The largest absolute Gasteiger partial charge is 0.497 e. The zero-order valence-electron chi connectivity index (χ0n) is 22.2. The normalized spacial score (nSPS) is 13.2. The van der Waals surface area contributed by atoms with E-state index in [1.54, 1.807) is 49.2 Å². The van der Waals surface area contributed by atoms with Gasteiger partial charge in [0.1, 0.15) is 18.1 Å². The van der Waals surface area contributed by atoms with Crippen LogP contribution < -0.4 is 23.7 Å². The Bertz CT molecular complexity index is 1510. The van der Waals surface area contributed by atoms with Gasteiger partial charge in [0.05, 0.1) is 48.3 Å². The van der Waals surface area contributed by atoms with E-state index >= 15 is 0 Å². The lowest BCUT2D eigenvalue weighted by molar-refractivity contribution is -0.384. The van der Waals surface area contributed by atoms with Crippen LogP contribution in [0.25, 0.3) is 10.9 Å². The van der Waals surface area contributed by atoms with Crippen LogP contribution >= 0.6 is 0 Å². The molecule has 40 heavy (non-hydrogen) atoms. The minimum Gasteiger partial charge on any atom is -0.497 e. The number of ether oxygens (including phenoxy) is 5. The summed E-state index contributed by atoms with van der Waals surface area (Å²) in [4.78, 5) is 23.6. The zero-order chi connectivity index (χ0) is 28.1. The number of rotatable bonds is 11. The van der Waals surface area contributed by atoms with Crippen molar-refractivity contribution in [2.75, 3.05) is 20.8 Å². The molecule has 1 saturated carbocycles. The molecule has 0 spiro atoms. The van der Waals surface area contributed by atoms with E-state index in [1.165, 1.54) is 24.3 Å². The van der Waals surface area contributed by atoms with Gasteiger partial charge in [-0.3, -0.25) is 14.8 Å². The van der Waals surface area contributed by atoms with Crippen molar-refractivity contribution in [1.29, 1.82) is 0 Å². The number of nitro groups is 1. The molecule has 0 aliphatic heterocycles. The van der Waals surface area contributed by atoms with Crippen LogP contribution in [0.5, 0.6) is 28.9 Å². The number of nitro benzene ring substituents is 1. The molecule has 1 heterocycles. The molecule has 0 saturated heterocycles. The summed E-state index contributed by atoms with van der Waals surface area (Å²) in [6.45, 7) is 0.563.